The molecule has 2 heterocycles. The molecular weight excluding hydrogens is 358 g/mol. The van der Waals surface area contributed by atoms with Gasteiger partial charge in [-0.05, 0) is 38.8 Å². The van der Waals surface area contributed by atoms with Crippen molar-refractivity contribution in [1.82, 2.24) is 14.6 Å². The zero-order chi connectivity index (χ0) is 18.0. The molecule has 8 heteroatoms. The van der Waals surface area contributed by atoms with Crippen molar-refractivity contribution in [2.45, 2.75) is 37.6 Å². The van der Waals surface area contributed by atoms with E-state index in [1.165, 1.54) is 11.3 Å². The lowest BCUT2D eigenvalue weighted by Gasteiger charge is -2.32. The summed E-state index contributed by atoms with van der Waals surface area (Å²) in [4.78, 5) is 19.6. The largest absolute Gasteiger partial charge is 0.338 e. The molecule has 1 aromatic carbocycles. The monoisotopic (exact) mass is 379 g/mol. The maximum atomic E-state index is 12.6. The zero-order valence-electron chi connectivity index (χ0n) is 14.2. The number of nitrogens with one attached hydrogen (secondary N) is 1. The Hall–Kier alpha value is -1.77. The lowest BCUT2D eigenvalue weighted by molar-refractivity contribution is 0.0715. The summed E-state index contributed by atoms with van der Waals surface area (Å²) >= 11 is 1.41. The summed E-state index contributed by atoms with van der Waals surface area (Å²) in [7, 11) is -3.51. The van der Waals surface area contributed by atoms with Gasteiger partial charge < -0.3 is 4.90 Å². The van der Waals surface area contributed by atoms with Crippen molar-refractivity contribution < 1.29 is 13.2 Å². The number of carbonyl (C=O) groups is 1. The molecule has 1 amide bonds. The van der Waals surface area contributed by atoms with Crippen LogP contribution in [-0.2, 0) is 10.0 Å². The first-order valence-corrected chi connectivity index (χ1v) is 10.5. The van der Waals surface area contributed by atoms with Gasteiger partial charge in [0.15, 0.2) is 0 Å². The molecule has 1 aromatic heterocycles. The normalized spacial score (nSPS) is 16.2. The number of rotatable bonds is 4. The van der Waals surface area contributed by atoms with Gasteiger partial charge in [-0.2, -0.15) is 0 Å². The fourth-order valence-electron chi connectivity index (χ4n) is 2.96. The van der Waals surface area contributed by atoms with E-state index in [0.29, 0.717) is 30.8 Å². The molecule has 0 saturated carbocycles. The number of benzene rings is 1. The lowest BCUT2D eigenvalue weighted by Crippen LogP contribution is -2.46. The Morgan fingerprint density at radius 2 is 1.84 bits per heavy atom. The predicted octanol–water partition coefficient (Wildman–Crippen LogP) is 2.34. The number of carbonyl (C=O) groups excluding carboxylic acids is 1. The number of aromatic nitrogens is 1. The number of sulfonamides is 1. The average Bonchev–Trinajstić information content (AvgIpc) is 2.94. The summed E-state index contributed by atoms with van der Waals surface area (Å²) in [6, 6.07) is 8.20. The van der Waals surface area contributed by atoms with Crippen LogP contribution in [0.5, 0.6) is 0 Å². The summed E-state index contributed by atoms with van der Waals surface area (Å²) in [6.07, 6.45) is 1.21. The number of nitrogens with zero attached hydrogens (tertiary/aromatic N) is 2. The highest BCUT2D eigenvalue weighted by Crippen LogP contribution is 2.22. The molecule has 0 atom stereocenters. The van der Waals surface area contributed by atoms with E-state index in [4.69, 9.17) is 0 Å². The van der Waals surface area contributed by atoms with Crippen molar-refractivity contribution in [3.05, 3.63) is 45.9 Å². The third-order valence-corrected chi connectivity index (χ3v) is 6.85. The lowest BCUT2D eigenvalue weighted by atomic mass is 10.1. The summed E-state index contributed by atoms with van der Waals surface area (Å²) < 4.78 is 27.5. The number of likely N-dealkylation sites (tertiary alicyclic amines) is 1. The van der Waals surface area contributed by atoms with Crippen molar-refractivity contribution >= 4 is 27.3 Å². The van der Waals surface area contributed by atoms with Gasteiger partial charge in [0.25, 0.3) is 5.91 Å². The Morgan fingerprint density at radius 1 is 1.20 bits per heavy atom. The number of piperidine rings is 1. The van der Waals surface area contributed by atoms with Gasteiger partial charge in [-0.1, -0.05) is 18.2 Å². The fraction of sp³-hybridized carbons (Fsp3) is 0.412. The van der Waals surface area contributed by atoms with Gasteiger partial charge >= 0.3 is 0 Å². The molecule has 134 valence electrons. The van der Waals surface area contributed by atoms with E-state index in [2.05, 4.69) is 9.71 Å². The van der Waals surface area contributed by atoms with E-state index in [1.807, 2.05) is 13.8 Å². The third-order valence-electron chi connectivity index (χ3n) is 4.26. The molecule has 6 nitrogen and oxygen atoms in total. The number of aryl methyl sites for hydroxylation is 2. The molecule has 1 aliphatic heterocycles. The highest BCUT2D eigenvalue weighted by molar-refractivity contribution is 7.89. The van der Waals surface area contributed by atoms with Crippen molar-refractivity contribution in [2.24, 2.45) is 0 Å². The summed E-state index contributed by atoms with van der Waals surface area (Å²) in [5.41, 5.74) is 0.763. The van der Waals surface area contributed by atoms with Crippen LogP contribution < -0.4 is 4.72 Å². The van der Waals surface area contributed by atoms with Crippen LogP contribution in [0.1, 0.15) is 33.2 Å². The summed E-state index contributed by atoms with van der Waals surface area (Å²) in [5, 5.41) is 0.881. The Kier molecular flexibility index (Phi) is 5.21. The van der Waals surface area contributed by atoms with Crippen LogP contribution in [0.4, 0.5) is 0 Å². The standard InChI is InChI=1S/C17H21N3O3S2/c1-12-16(24-13(2)18-12)17(21)20-10-8-14(9-11-20)19-25(22,23)15-6-4-3-5-7-15/h3-7,14,19H,8-11H2,1-2H3. The molecule has 2 aromatic rings. The minimum absolute atomic E-state index is 0.00698. The third kappa shape index (κ3) is 4.08. The number of amides is 1. The van der Waals surface area contributed by atoms with Crippen LogP contribution >= 0.6 is 11.3 Å². The van der Waals surface area contributed by atoms with E-state index in [0.717, 1.165) is 10.7 Å². The van der Waals surface area contributed by atoms with E-state index in [1.54, 1.807) is 35.2 Å². The van der Waals surface area contributed by atoms with Crippen LogP contribution in [-0.4, -0.2) is 43.3 Å². The van der Waals surface area contributed by atoms with E-state index in [-0.39, 0.29) is 16.8 Å². The van der Waals surface area contributed by atoms with Gasteiger partial charge in [-0.25, -0.2) is 18.1 Å². The van der Waals surface area contributed by atoms with Crippen LogP contribution in [0.25, 0.3) is 0 Å². The van der Waals surface area contributed by atoms with Crippen molar-refractivity contribution in [1.29, 1.82) is 0 Å². The molecule has 1 N–H and O–H groups in total. The van der Waals surface area contributed by atoms with Gasteiger partial charge in [-0.15, -0.1) is 11.3 Å². The quantitative estimate of drug-likeness (QED) is 0.884. The van der Waals surface area contributed by atoms with Crippen molar-refractivity contribution in [3.63, 3.8) is 0 Å². The zero-order valence-corrected chi connectivity index (χ0v) is 15.9. The number of thiazole rings is 1. The summed E-state index contributed by atoms with van der Waals surface area (Å²) in [6.45, 7) is 4.81. The van der Waals surface area contributed by atoms with Crippen molar-refractivity contribution in [3.8, 4) is 0 Å². The maximum Gasteiger partial charge on any atom is 0.265 e. The number of hydrogen-bond donors (Lipinski definition) is 1. The first-order chi connectivity index (χ1) is 11.9. The molecular formula is C17H21N3O3S2. The maximum absolute atomic E-state index is 12.6. The van der Waals surface area contributed by atoms with Gasteiger partial charge in [0.2, 0.25) is 10.0 Å². The van der Waals surface area contributed by atoms with E-state index >= 15 is 0 Å². The highest BCUT2D eigenvalue weighted by Gasteiger charge is 2.28. The Morgan fingerprint density at radius 3 is 2.40 bits per heavy atom. The Balaban J connectivity index is 1.61. The van der Waals surface area contributed by atoms with Crippen LogP contribution in [0, 0.1) is 13.8 Å². The molecule has 0 bridgehead atoms. The van der Waals surface area contributed by atoms with Crippen LogP contribution in [0.2, 0.25) is 0 Å². The minimum atomic E-state index is -3.51. The van der Waals surface area contributed by atoms with E-state index < -0.39 is 10.0 Å². The SMILES string of the molecule is Cc1nc(C)c(C(=O)N2CCC(NS(=O)(=O)c3ccccc3)CC2)s1. The van der Waals surface area contributed by atoms with Gasteiger partial charge in [0, 0.05) is 19.1 Å². The van der Waals surface area contributed by atoms with Crippen LogP contribution in [0.15, 0.2) is 35.2 Å². The second-order valence-electron chi connectivity index (χ2n) is 6.15. The Bertz CT molecular complexity index is 855. The number of hydrogen-bond acceptors (Lipinski definition) is 5. The van der Waals surface area contributed by atoms with Gasteiger partial charge in [0.1, 0.15) is 4.88 Å². The fourth-order valence-corrected chi connectivity index (χ4v) is 5.17. The molecule has 0 unspecified atom stereocenters. The van der Waals surface area contributed by atoms with Crippen LogP contribution in [0.3, 0.4) is 0 Å². The summed E-state index contributed by atoms with van der Waals surface area (Å²) in [5.74, 6) is -0.00698. The first kappa shape index (κ1) is 18.0. The minimum Gasteiger partial charge on any atom is -0.338 e. The highest BCUT2D eigenvalue weighted by atomic mass is 32.2. The Labute approximate surface area is 151 Å². The molecule has 1 aliphatic rings. The molecule has 0 spiro atoms. The molecule has 25 heavy (non-hydrogen) atoms. The van der Waals surface area contributed by atoms with E-state index in [9.17, 15) is 13.2 Å². The molecule has 1 saturated heterocycles. The average molecular weight is 380 g/mol. The molecule has 1 fully saturated rings. The smallest absolute Gasteiger partial charge is 0.265 e. The first-order valence-electron chi connectivity index (χ1n) is 8.17. The molecule has 0 radical (unpaired) electrons. The van der Waals surface area contributed by atoms with Crippen molar-refractivity contribution in [2.75, 3.05) is 13.1 Å². The molecule has 0 aliphatic carbocycles. The van der Waals surface area contributed by atoms with Gasteiger partial charge in [0.05, 0.1) is 15.6 Å². The topological polar surface area (TPSA) is 79.4 Å². The predicted molar refractivity (Wildman–Crippen MR) is 97.3 cm³/mol. The molecule has 3 rings (SSSR count). The second kappa shape index (κ2) is 7.23. The van der Waals surface area contributed by atoms with Gasteiger partial charge in [-0.3, -0.25) is 4.79 Å². The second-order valence-corrected chi connectivity index (χ2v) is 9.07.